The second kappa shape index (κ2) is 23.6. The first-order chi connectivity index (χ1) is 7.26. The molecule has 0 heterocycles. The van der Waals surface area contributed by atoms with E-state index in [-0.39, 0.29) is 0 Å². The average molecular weight is 217 g/mol. The molecule has 0 unspecified atom stereocenters. The fourth-order valence-corrected chi connectivity index (χ4v) is 1.28. The van der Waals surface area contributed by atoms with Crippen molar-refractivity contribution in [3.05, 3.63) is 0 Å². The van der Waals surface area contributed by atoms with Crippen molar-refractivity contribution in [2.75, 3.05) is 19.6 Å². The van der Waals surface area contributed by atoms with Gasteiger partial charge >= 0.3 is 0 Å². The van der Waals surface area contributed by atoms with E-state index >= 15 is 0 Å². The van der Waals surface area contributed by atoms with E-state index in [2.05, 4.69) is 39.5 Å². The summed E-state index contributed by atoms with van der Waals surface area (Å²) in [5, 5.41) is 0. The summed E-state index contributed by atoms with van der Waals surface area (Å²) in [5.41, 5.74) is 0. The van der Waals surface area contributed by atoms with Gasteiger partial charge in [0.2, 0.25) is 0 Å². The van der Waals surface area contributed by atoms with Crippen LogP contribution in [0, 0.1) is 0 Å². The van der Waals surface area contributed by atoms with Crippen molar-refractivity contribution in [1.29, 1.82) is 0 Å². The Morgan fingerprint density at radius 3 is 0.933 bits per heavy atom. The summed E-state index contributed by atoms with van der Waals surface area (Å²) in [7, 11) is 0. The Bertz CT molecular complexity index is 57.5. The highest BCUT2D eigenvalue weighted by atomic mass is 15.1. The maximum absolute atomic E-state index is 2.54. The molecule has 0 bridgehead atoms. The quantitative estimate of drug-likeness (QED) is 0.608. The Hall–Kier alpha value is -0.0400. The zero-order chi connectivity index (χ0) is 12.5. The highest BCUT2D eigenvalue weighted by Gasteiger charge is 1.98. The van der Waals surface area contributed by atoms with Crippen molar-refractivity contribution < 1.29 is 0 Å². The van der Waals surface area contributed by atoms with Gasteiger partial charge < -0.3 is 4.90 Å². The van der Waals surface area contributed by atoms with Crippen molar-refractivity contribution in [3.63, 3.8) is 0 Å². The lowest BCUT2D eigenvalue weighted by Gasteiger charge is -2.19. The number of hydrogen-bond donors (Lipinski definition) is 0. The maximum atomic E-state index is 2.54. The molecule has 0 rings (SSSR count). The monoisotopic (exact) mass is 217 g/mol. The molecule has 0 radical (unpaired) electrons. The minimum atomic E-state index is 1.25. The molecule has 0 aromatic heterocycles. The topological polar surface area (TPSA) is 3.24 Å². The van der Waals surface area contributed by atoms with Gasteiger partial charge in [0, 0.05) is 0 Å². The SMILES string of the molecule is CC.CCC.CCCN(CCC)CCC. The number of hydrogen-bond acceptors (Lipinski definition) is 1. The van der Waals surface area contributed by atoms with Crippen molar-refractivity contribution in [1.82, 2.24) is 4.90 Å². The van der Waals surface area contributed by atoms with E-state index in [1.165, 1.54) is 45.3 Å². The van der Waals surface area contributed by atoms with E-state index in [0.29, 0.717) is 0 Å². The van der Waals surface area contributed by atoms with E-state index in [1.807, 2.05) is 13.8 Å². The minimum Gasteiger partial charge on any atom is -0.303 e. The zero-order valence-corrected chi connectivity index (χ0v) is 12.4. The molecular weight excluding hydrogens is 182 g/mol. The Kier molecular flexibility index (Phi) is 32.1. The highest BCUT2D eigenvalue weighted by molar-refractivity contribution is 4.53. The smallest absolute Gasteiger partial charge is 0.00214 e. The fraction of sp³-hybridized carbons (Fsp3) is 1.00. The van der Waals surface area contributed by atoms with Gasteiger partial charge in [-0.05, 0) is 38.9 Å². The molecule has 0 aromatic rings. The molecule has 0 spiro atoms. The lowest BCUT2D eigenvalue weighted by molar-refractivity contribution is 0.275. The van der Waals surface area contributed by atoms with Gasteiger partial charge in [-0.1, -0.05) is 54.9 Å². The predicted molar refractivity (Wildman–Crippen MR) is 74.6 cm³/mol. The van der Waals surface area contributed by atoms with Crippen LogP contribution in [0.5, 0.6) is 0 Å². The second-order valence-electron chi connectivity index (χ2n) is 3.55. The minimum absolute atomic E-state index is 1.25. The molecule has 1 heteroatoms. The summed E-state index contributed by atoms with van der Waals surface area (Å²) in [6, 6.07) is 0. The van der Waals surface area contributed by atoms with Crippen LogP contribution in [0.1, 0.15) is 74.1 Å². The molecular formula is C14H35N. The molecule has 0 N–H and O–H groups in total. The molecule has 1 nitrogen and oxygen atoms in total. The van der Waals surface area contributed by atoms with Crippen LogP contribution in [0.2, 0.25) is 0 Å². The van der Waals surface area contributed by atoms with Crippen LogP contribution in [0.4, 0.5) is 0 Å². The second-order valence-corrected chi connectivity index (χ2v) is 3.55. The third-order valence-corrected chi connectivity index (χ3v) is 1.62. The van der Waals surface area contributed by atoms with Crippen molar-refractivity contribution in [3.8, 4) is 0 Å². The van der Waals surface area contributed by atoms with Crippen LogP contribution < -0.4 is 0 Å². The molecule has 0 aliphatic heterocycles. The lowest BCUT2D eigenvalue weighted by Crippen LogP contribution is -2.25. The van der Waals surface area contributed by atoms with E-state index < -0.39 is 0 Å². The van der Waals surface area contributed by atoms with Gasteiger partial charge in [-0.3, -0.25) is 0 Å². The van der Waals surface area contributed by atoms with Crippen molar-refractivity contribution in [2.45, 2.75) is 74.1 Å². The molecule has 0 amide bonds. The number of nitrogens with zero attached hydrogens (tertiary/aromatic N) is 1. The van der Waals surface area contributed by atoms with Crippen LogP contribution >= 0.6 is 0 Å². The normalized spacial score (nSPS) is 8.80. The summed E-state index contributed by atoms with van der Waals surface area (Å²) >= 11 is 0. The Balaban J connectivity index is -0.000000245. The van der Waals surface area contributed by atoms with Gasteiger partial charge in [-0.2, -0.15) is 0 Å². The van der Waals surface area contributed by atoms with E-state index in [0.717, 1.165) is 0 Å². The van der Waals surface area contributed by atoms with Crippen LogP contribution in [-0.2, 0) is 0 Å². The third-order valence-electron chi connectivity index (χ3n) is 1.62. The Morgan fingerprint density at radius 1 is 0.600 bits per heavy atom. The van der Waals surface area contributed by atoms with Crippen molar-refractivity contribution >= 4 is 0 Å². The first kappa shape index (κ1) is 20.4. The van der Waals surface area contributed by atoms with E-state index in [1.54, 1.807) is 0 Å². The zero-order valence-electron chi connectivity index (χ0n) is 12.4. The van der Waals surface area contributed by atoms with Gasteiger partial charge in [0.25, 0.3) is 0 Å². The molecule has 0 fully saturated rings. The van der Waals surface area contributed by atoms with Crippen LogP contribution in [0.25, 0.3) is 0 Å². The van der Waals surface area contributed by atoms with Crippen LogP contribution in [0.3, 0.4) is 0 Å². The summed E-state index contributed by atoms with van der Waals surface area (Å²) in [6.45, 7) is 18.8. The molecule has 15 heavy (non-hydrogen) atoms. The summed E-state index contributed by atoms with van der Waals surface area (Å²) in [5.74, 6) is 0. The van der Waals surface area contributed by atoms with Gasteiger partial charge in [0.05, 0.1) is 0 Å². The molecule has 0 saturated heterocycles. The maximum Gasteiger partial charge on any atom is -0.00214 e. The van der Waals surface area contributed by atoms with Crippen molar-refractivity contribution in [2.24, 2.45) is 0 Å². The van der Waals surface area contributed by atoms with Crippen LogP contribution in [-0.4, -0.2) is 24.5 Å². The first-order valence-corrected chi connectivity index (χ1v) is 6.98. The summed E-state index contributed by atoms with van der Waals surface area (Å²) < 4.78 is 0. The third kappa shape index (κ3) is 24.9. The largest absolute Gasteiger partial charge is 0.303 e. The average Bonchev–Trinajstić information content (AvgIpc) is 2.23. The highest BCUT2D eigenvalue weighted by Crippen LogP contribution is 1.94. The first-order valence-electron chi connectivity index (χ1n) is 6.98. The lowest BCUT2D eigenvalue weighted by atomic mass is 10.3. The molecule has 0 aromatic carbocycles. The molecule has 96 valence electrons. The fourth-order valence-electron chi connectivity index (χ4n) is 1.28. The van der Waals surface area contributed by atoms with E-state index in [4.69, 9.17) is 0 Å². The number of rotatable bonds is 6. The Labute approximate surface area is 99.3 Å². The van der Waals surface area contributed by atoms with E-state index in [9.17, 15) is 0 Å². The molecule has 0 aliphatic carbocycles. The van der Waals surface area contributed by atoms with Gasteiger partial charge in [-0.15, -0.1) is 0 Å². The summed E-state index contributed by atoms with van der Waals surface area (Å²) in [4.78, 5) is 2.54. The van der Waals surface area contributed by atoms with Gasteiger partial charge in [-0.25, -0.2) is 0 Å². The Morgan fingerprint density at radius 2 is 0.800 bits per heavy atom. The van der Waals surface area contributed by atoms with Gasteiger partial charge in [0.15, 0.2) is 0 Å². The molecule has 0 atom stereocenters. The summed E-state index contributed by atoms with van der Waals surface area (Å²) in [6.07, 6.45) is 5.13. The molecule has 0 aliphatic rings. The van der Waals surface area contributed by atoms with Gasteiger partial charge in [0.1, 0.15) is 0 Å². The van der Waals surface area contributed by atoms with Crippen LogP contribution in [0.15, 0.2) is 0 Å². The predicted octanol–water partition coefficient (Wildman–Crippen LogP) is 4.96. The molecule has 0 saturated carbocycles. The standard InChI is InChI=1S/C9H21N.C3H8.C2H6/c1-4-7-10(8-5-2)9-6-3;1-3-2;1-2/h4-9H2,1-3H3;3H2,1-2H3;1-2H3.